The van der Waals surface area contributed by atoms with Crippen molar-refractivity contribution in [2.45, 2.75) is 47.5 Å². The molecule has 0 saturated carbocycles. The molecule has 0 fully saturated rings. The van der Waals surface area contributed by atoms with Crippen LogP contribution in [0.5, 0.6) is 0 Å². The molecular weight excluding hydrogens is 544 g/mol. The van der Waals surface area contributed by atoms with Crippen molar-refractivity contribution in [3.63, 3.8) is 0 Å². The fourth-order valence-electron chi connectivity index (χ4n) is 5.91. The van der Waals surface area contributed by atoms with Gasteiger partial charge in [-0.1, -0.05) is 91.7 Å². The van der Waals surface area contributed by atoms with Crippen molar-refractivity contribution in [1.82, 2.24) is 0 Å². The molecule has 6 aromatic carbocycles. The Morgan fingerprint density at radius 1 is 0.378 bits per heavy atom. The van der Waals surface area contributed by atoms with Gasteiger partial charge in [0.05, 0.1) is 0 Å². The highest BCUT2D eigenvalue weighted by atomic mass is 15.1. The normalized spacial score (nSPS) is 11.0. The number of aryl methyl sites for hydroxylation is 5. The molecule has 0 aliphatic rings. The van der Waals surface area contributed by atoms with E-state index in [2.05, 4.69) is 184 Å². The van der Waals surface area contributed by atoms with Crippen molar-refractivity contribution in [1.29, 1.82) is 0 Å². The zero-order valence-corrected chi connectivity index (χ0v) is 27.1. The summed E-state index contributed by atoms with van der Waals surface area (Å²) in [4.78, 5) is 4.70. The van der Waals surface area contributed by atoms with Crippen LogP contribution in [0.15, 0.2) is 140 Å². The highest BCUT2D eigenvalue weighted by molar-refractivity contribution is 5.82. The van der Waals surface area contributed by atoms with Gasteiger partial charge in [-0.05, 0) is 134 Å². The Hall–Kier alpha value is -5.08. The Balaban J connectivity index is 1.34. The van der Waals surface area contributed by atoms with Gasteiger partial charge in [0.25, 0.3) is 0 Å². The molecule has 0 aliphatic carbocycles. The van der Waals surface area contributed by atoms with Crippen molar-refractivity contribution < 1.29 is 0 Å². The molecule has 0 amide bonds. The number of rotatable bonds is 9. The number of anilines is 6. The molecule has 0 aromatic heterocycles. The van der Waals surface area contributed by atoms with Crippen molar-refractivity contribution in [3.05, 3.63) is 167 Å². The maximum Gasteiger partial charge on any atom is 0.0491 e. The largest absolute Gasteiger partial charge is 0.311 e. The molecular formula is C43H42N2. The quantitative estimate of drug-likeness (QED) is 0.166. The summed E-state index contributed by atoms with van der Waals surface area (Å²) in [7, 11) is 0. The van der Waals surface area contributed by atoms with Crippen LogP contribution in [-0.2, 0) is 12.8 Å². The molecule has 6 aromatic rings. The second-order valence-corrected chi connectivity index (χ2v) is 11.9. The number of benzene rings is 6. The summed E-state index contributed by atoms with van der Waals surface area (Å²) in [5, 5.41) is 0. The Kier molecular flexibility index (Phi) is 8.84. The monoisotopic (exact) mass is 586 g/mol. The van der Waals surface area contributed by atoms with Crippen LogP contribution in [-0.4, -0.2) is 0 Å². The van der Waals surface area contributed by atoms with E-state index in [0.29, 0.717) is 0 Å². The fourth-order valence-corrected chi connectivity index (χ4v) is 5.91. The van der Waals surface area contributed by atoms with Gasteiger partial charge in [0.2, 0.25) is 0 Å². The van der Waals surface area contributed by atoms with E-state index in [4.69, 9.17) is 0 Å². The van der Waals surface area contributed by atoms with Gasteiger partial charge in [-0.3, -0.25) is 0 Å². The molecule has 0 N–H and O–H groups in total. The predicted octanol–water partition coefficient (Wildman–Crippen LogP) is 12.3. The highest BCUT2D eigenvalue weighted by Crippen LogP contribution is 2.39. The van der Waals surface area contributed by atoms with Crippen LogP contribution in [0.25, 0.3) is 11.1 Å². The van der Waals surface area contributed by atoms with Crippen molar-refractivity contribution in [2.24, 2.45) is 0 Å². The van der Waals surface area contributed by atoms with E-state index in [9.17, 15) is 0 Å². The average molecular weight is 587 g/mol. The molecule has 45 heavy (non-hydrogen) atoms. The third-order valence-corrected chi connectivity index (χ3v) is 8.69. The molecule has 0 radical (unpaired) electrons. The third kappa shape index (κ3) is 6.56. The van der Waals surface area contributed by atoms with E-state index in [1.807, 2.05) is 0 Å². The highest BCUT2D eigenvalue weighted by Gasteiger charge is 2.16. The Labute approximate surface area is 269 Å². The Morgan fingerprint density at radius 2 is 0.733 bits per heavy atom. The maximum atomic E-state index is 2.35. The lowest BCUT2D eigenvalue weighted by Crippen LogP contribution is -2.11. The van der Waals surface area contributed by atoms with E-state index in [-0.39, 0.29) is 0 Å². The summed E-state index contributed by atoms with van der Waals surface area (Å²) in [6.07, 6.45) is 2.07. The second-order valence-electron chi connectivity index (χ2n) is 11.9. The maximum absolute atomic E-state index is 2.35. The minimum absolute atomic E-state index is 1.03. The first kappa shape index (κ1) is 30.0. The summed E-state index contributed by atoms with van der Waals surface area (Å²) in [5.41, 5.74) is 15.8. The van der Waals surface area contributed by atoms with Crippen molar-refractivity contribution >= 4 is 34.1 Å². The molecule has 0 heterocycles. The molecule has 0 atom stereocenters. The van der Waals surface area contributed by atoms with E-state index >= 15 is 0 Å². The van der Waals surface area contributed by atoms with Crippen LogP contribution in [0.1, 0.15) is 41.7 Å². The number of nitrogens with zero attached hydrogens (tertiary/aromatic N) is 2. The van der Waals surface area contributed by atoms with E-state index in [0.717, 1.165) is 41.3 Å². The molecule has 0 unspecified atom stereocenters. The number of hydrogen-bond donors (Lipinski definition) is 0. The van der Waals surface area contributed by atoms with Gasteiger partial charge in [-0.15, -0.1) is 0 Å². The van der Waals surface area contributed by atoms with Gasteiger partial charge in [0, 0.05) is 34.1 Å². The zero-order chi connectivity index (χ0) is 31.3. The molecule has 2 heteroatoms. The SMILES string of the molecule is CCc1ccc(N(c2ccc(CC)cc2)c2ccc(-c3ccc(N(c4ccc(C)cc4)c4ccc(C)cc4)c(C)c3)cc2)cc1. The predicted molar refractivity (Wildman–Crippen MR) is 194 cm³/mol. The van der Waals surface area contributed by atoms with Gasteiger partial charge < -0.3 is 9.80 Å². The molecule has 6 rings (SSSR count). The Bertz CT molecular complexity index is 1760. The minimum Gasteiger partial charge on any atom is -0.311 e. The first-order chi connectivity index (χ1) is 21.9. The van der Waals surface area contributed by atoms with E-state index < -0.39 is 0 Å². The summed E-state index contributed by atoms with van der Waals surface area (Å²) >= 11 is 0. The Morgan fingerprint density at radius 3 is 1.13 bits per heavy atom. The topological polar surface area (TPSA) is 6.48 Å². The van der Waals surface area contributed by atoms with Gasteiger partial charge in [-0.25, -0.2) is 0 Å². The third-order valence-electron chi connectivity index (χ3n) is 8.69. The molecule has 0 aliphatic heterocycles. The minimum atomic E-state index is 1.03. The van der Waals surface area contributed by atoms with Gasteiger partial charge in [0.1, 0.15) is 0 Å². The van der Waals surface area contributed by atoms with Crippen molar-refractivity contribution in [3.8, 4) is 11.1 Å². The first-order valence-electron chi connectivity index (χ1n) is 16.1. The summed E-state index contributed by atoms with van der Waals surface area (Å²) < 4.78 is 0. The smallest absolute Gasteiger partial charge is 0.0491 e. The van der Waals surface area contributed by atoms with Crippen LogP contribution in [0.3, 0.4) is 0 Å². The second kappa shape index (κ2) is 13.3. The molecule has 224 valence electrons. The lowest BCUT2D eigenvalue weighted by molar-refractivity contribution is 1.13. The van der Waals surface area contributed by atoms with Crippen LogP contribution < -0.4 is 9.80 Å². The molecule has 2 nitrogen and oxygen atoms in total. The molecule has 0 spiro atoms. The molecule has 0 bridgehead atoms. The van der Waals surface area contributed by atoms with Crippen LogP contribution in [0, 0.1) is 20.8 Å². The fraction of sp³-hybridized carbons (Fsp3) is 0.163. The first-order valence-corrected chi connectivity index (χ1v) is 16.1. The number of hydrogen-bond acceptors (Lipinski definition) is 2. The van der Waals surface area contributed by atoms with Crippen LogP contribution in [0.4, 0.5) is 34.1 Å². The zero-order valence-electron chi connectivity index (χ0n) is 27.1. The molecule has 0 saturated heterocycles. The van der Waals surface area contributed by atoms with Gasteiger partial charge in [0.15, 0.2) is 0 Å². The van der Waals surface area contributed by atoms with Crippen LogP contribution in [0.2, 0.25) is 0 Å². The van der Waals surface area contributed by atoms with Gasteiger partial charge >= 0.3 is 0 Å². The standard InChI is InChI=1S/C43H42N2/c1-6-34-12-23-38(24-13-34)44(39-25-14-35(7-2)15-26-39)40-27-16-36(17-28-40)37-18-29-43(33(5)30-37)45(41-19-8-31(3)9-20-41)42-21-10-32(4)11-22-42/h8-30H,6-7H2,1-5H3. The average Bonchev–Trinajstić information content (AvgIpc) is 3.08. The lowest BCUT2D eigenvalue weighted by atomic mass is 10.0. The summed E-state index contributed by atoms with van der Waals surface area (Å²) in [6, 6.07) is 51.2. The van der Waals surface area contributed by atoms with E-state index in [1.165, 1.54) is 44.6 Å². The van der Waals surface area contributed by atoms with E-state index in [1.54, 1.807) is 0 Å². The van der Waals surface area contributed by atoms with Crippen molar-refractivity contribution in [2.75, 3.05) is 9.80 Å². The summed E-state index contributed by atoms with van der Waals surface area (Å²) in [5.74, 6) is 0. The lowest BCUT2D eigenvalue weighted by Gasteiger charge is -2.28. The summed E-state index contributed by atoms with van der Waals surface area (Å²) in [6.45, 7) is 10.9. The van der Waals surface area contributed by atoms with Gasteiger partial charge in [-0.2, -0.15) is 0 Å². The van der Waals surface area contributed by atoms with Crippen LogP contribution >= 0.6 is 0 Å².